The Morgan fingerprint density at radius 2 is 2.33 bits per heavy atom. The van der Waals surface area contributed by atoms with Gasteiger partial charge in [-0.05, 0) is 0 Å². The number of ether oxygens (including phenoxy) is 1. The second-order valence-corrected chi connectivity index (χ2v) is 1.18. The van der Waals surface area contributed by atoms with Crippen LogP contribution < -0.4 is 0 Å². The van der Waals surface area contributed by atoms with Gasteiger partial charge in [-0.2, -0.15) is 0 Å². The van der Waals surface area contributed by atoms with Crippen molar-refractivity contribution in [2.24, 2.45) is 0 Å². The largest absolute Gasteiger partial charge is 0.368 e. The monoisotopic (exact) mass is 153 g/mol. The van der Waals surface area contributed by atoms with Crippen molar-refractivity contribution in [3.8, 4) is 0 Å². The highest BCUT2D eigenvalue weighted by molar-refractivity contribution is 9.09. The maximum Gasteiger partial charge on any atom is 0.106 e. The first kappa shape index (κ1) is 6.40. The van der Waals surface area contributed by atoms with Gasteiger partial charge < -0.3 is 4.74 Å². The quantitative estimate of drug-likeness (QED) is 0.436. The highest BCUT2D eigenvalue weighted by atomic mass is 79.9. The summed E-state index contributed by atoms with van der Waals surface area (Å²) in [5.41, 5.74) is 0.468. The minimum absolute atomic E-state index is 0.147. The Hall–Kier alpha value is 0.400. The molecule has 0 aliphatic carbocycles. The van der Waals surface area contributed by atoms with Crippen molar-refractivity contribution < 1.29 is 9.84 Å². The molecule has 0 bridgehead atoms. The molecule has 0 aromatic carbocycles. The molecule has 0 spiro atoms. The molecule has 0 unspecified atom stereocenters. The van der Waals surface area contributed by atoms with Crippen LogP contribution in [0, 0.1) is 0 Å². The third-order valence-electron chi connectivity index (χ3n) is 0.305. The van der Waals surface area contributed by atoms with Gasteiger partial charge in [0.05, 0.1) is 6.61 Å². The van der Waals surface area contributed by atoms with E-state index in [2.05, 4.69) is 20.7 Å². The lowest BCUT2D eigenvalue weighted by Crippen LogP contribution is -1.93. The Labute approximate surface area is 45.2 Å². The van der Waals surface area contributed by atoms with Gasteiger partial charge in [0.2, 0.25) is 0 Å². The van der Waals surface area contributed by atoms with Crippen molar-refractivity contribution >= 4 is 15.9 Å². The average Bonchev–Trinajstić information content (AvgIpc) is 1.61. The molecule has 0 saturated heterocycles. The van der Waals surface area contributed by atoms with Gasteiger partial charge >= 0.3 is 0 Å². The predicted molar refractivity (Wildman–Crippen MR) is 25.3 cm³/mol. The van der Waals surface area contributed by atoms with E-state index in [1.807, 2.05) is 0 Å². The summed E-state index contributed by atoms with van der Waals surface area (Å²) in [6, 6.07) is 0. The third-order valence-corrected chi connectivity index (χ3v) is 0.629. The van der Waals surface area contributed by atoms with E-state index in [4.69, 9.17) is 0 Å². The molecule has 2 nitrogen and oxygen atoms in total. The van der Waals surface area contributed by atoms with E-state index < -0.39 is 0 Å². The average molecular weight is 154 g/mol. The molecule has 3 heteroatoms. The second-order valence-electron chi connectivity index (χ2n) is 0.721. The molecule has 0 saturated carbocycles. The molecule has 0 aliphatic rings. The van der Waals surface area contributed by atoms with Gasteiger partial charge in [0, 0.05) is 0 Å². The molecule has 0 aromatic rings. The first-order valence-electron chi connectivity index (χ1n) is 1.63. The Kier molecular flexibility index (Phi) is 5.76. The van der Waals surface area contributed by atoms with Gasteiger partial charge in [0.15, 0.2) is 0 Å². The lowest BCUT2D eigenvalue weighted by molar-refractivity contribution is 0.0892. The lowest BCUT2D eigenvalue weighted by Gasteiger charge is -1.88. The van der Waals surface area contributed by atoms with E-state index in [1.165, 1.54) is 0 Å². The van der Waals surface area contributed by atoms with E-state index in [0.717, 1.165) is 0 Å². The van der Waals surface area contributed by atoms with E-state index in [0.29, 0.717) is 12.1 Å². The number of hydrogen-bond donors (Lipinski definition) is 0. The molecule has 37 valence electrons. The Morgan fingerprint density at radius 3 is 2.50 bits per heavy atom. The fraction of sp³-hybridized carbons (Fsp3) is 1.00. The summed E-state index contributed by atoms with van der Waals surface area (Å²) in [4.78, 5) is 0. The molecule has 6 heavy (non-hydrogen) atoms. The van der Waals surface area contributed by atoms with Gasteiger partial charge in [-0.25, -0.2) is 5.11 Å². The van der Waals surface area contributed by atoms with Gasteiger partial charge in [0.1, 0.15) is 12.1 Å². The zero-order valence-corrected chi connectivity index (χ0v) is 4.90. The summed E-state index contributed by atoms with van der Waals surface area (Å²) in [7, 11) is 0. The summed E-state index contributed by atoms with van der Waals surface area (Å²) in [5, 5.41) is 9.54. The summed E-state index contributed by atoms with van der Waals surface area (Å²) in [5.74, 6) is 0. The van der Waals surface area contributed by atoms with Gasteiger partial charge in [-0.1, -0.05) is 15.9 Å². The first-order chi connectivity index (χ1) is 2.91. The summed E-state index contributed by atoms with van der Waals surface area (Å²) >= 11 is 2.99. The van der Waals surface area contributed by atoms with Crippen molar-refractivity contribution in [2.75, 3.05) is 18.7 Å². The van der Waals surface area contributed by atoms with E-state index >= 15 is 0 Å². The Morgan fingerprint density at radius 1 is 1.67 bits per heavy atom. The van der Waals surface area contributed by atoms with Crippen LogP contribution in [0.5, 0.6) is 0 Å². The maximum atomic E-state index is 9.54. The van der Waals surface area contributed by atoms with Crippen LogP contribution in [0.4, 0.5) is 0 Å². The topological polar surface area (TPSA) is 29.1 Å². The molecule has 0 fully saturated rings. The van der Waals surface area contributed by atoms with Gasteiger partial charge in [-0.15, -0.1) is 0 Å². The van der Waals surface area contributed by atoms with E-state index in [-0.39, 0.29) is 6.61 Å². The van der Waals surface area contributed by atoms with Crippen molar-refractivity contribution in [3.63, 3.8) is 0 Å². The van der Waals surface area contributed by atoms with Crippen LogP contribution in [0.15, 0.2) is 0 Å². The van der Waals surface area contributed by atoms with Crippen LogP contribution in [0.1, 0.15) is 0 Å². The van der Waals surface area contributed by atoms with Gasteiger partial charge in [0.25, 0.3) is 0 Å². The van der Waals surface area contributed by atoms with E-state index in [1.54, 1.807) is 0 Å². The molecular formula is C3H6BrO2. The smallest absolute Gasteiger partial charge is 0.106 e. The zero-order valence-electron chi connectivity index (χ0n) is 3.32. The predicted octanol–water partition coefficient (Wildman–Crippen LogP) is 0.786. The minimum atomic E-state index is -0.147. The highest BCUT2D eigenvalue weighted by Crippen LogP contribution is 1.79. The molecular weight excluding hydrogens is 148 g/mol. The van der Waals surface area contributed by atoms with Crippen LogP contribution in [0.25, 0.3) is 0 Å². The Balaban J connectivity index is 2.34. The first-order valence-corrected chi connectivity index (χ1v) is 2.75. The highest BCUT2D eigenvalue weighted by Gasteiger charge is 1.76. The van der Waals surface area contributed by atoms with Gasteiger partial charge in [-0.3, -0.25) is 0 Å². The molecule has 0 heterocycles. The minimum Gasteiger partial charge on any atom is -0.368 e. The fourth-order valence-corrected chi connectivity index (χ4v) is 0.342. The van der Waals surface area contributed by atoms with E-state index in [9.17, 15) is 5.11 Å². The van der Waals surface area contributed by atoms with Crippen molar-refractivity contribution in [1.82, 2.24) is 0 Å². The van der Waals surface area contributed by atoms with Crippen molar-refractivity contribution in [1.29, 1.82) is 0 Å². The molecule has 0 N–H and O–H groups in total. The summed E-state index contributed by atoms with van der Waals surface area (Å²) in [6.45, 7) is 0.164. The fourth-order valence-electron chi connectivity index (χ4n) is 0.113. The summed E-state index contributed by atoms with van der Waals surface area (Å²) < 4.78 is 4.59. The van der Waals surface area contributed by atoms with Crippen LogP contribution in [0.3, 0.4) is 0 Å². The molecule has 0 amide bonds. The van der Waals surface area contributed by atoms with Crippen LogP contribution in [0.2, 0.25) is 0 Å². The number of hydrogen-bond acceptors (Lipinski definition) is 1. The normalized spacial score (nSPS) is 9.00. The third kappa shape index (κ3) is 4.40. The molecule has 0 atom stereocenters. The maximum absolute atomic E-state index is 9.54. The Bertz CT molecular complexity index is 20.8. The lowest BCUT2D eigenvalue weighted by atomic mass is 10.8. The molecule has 1 radical (unpaired) electrons. The van der Waals surface area contributed by atoms with Crippen LogP contribution >= 0.6 is 15.9 Å². The molecule has 0 rings (SSSR count). The summed E-state index contributed by atoms with van der Waals surface area (Å²) in [6.07, 6.45) is 0. The van der Waals surface area contributed by atoms with Crippen LogP contribution in [-0.4, -0.2) is 18.7 Å². The zero-order chi connectivity index (χ0) is 4.83. The molecule has 0 aromatic heterocycles. The second kappa shape index (κ2) is 5.40. The SMILES string of the molecule is [O]CCOCBr. The standard InChI is InChI=1S/C3H6BrO2/c4-3-6-2-1-5/h1-3H2. The number of rotatable bonds is 3. The molecule has 0 aliphatic heterocycles. The number of halogens is 1. The van der Waals surface area contributed by atoms with Crippen LogP contribution in [-0.2, 0) is 9.84 Å². The van der Waals surface area contributed by atoms with Crippen molar-refractivity contribution in [2.45, 2.75) is 0 Å². The number of alkyl halides is 1. The van der Waals surface area contributed by atoms with Crippen molar-refractivity contribution in [3.05, 3.63) is 0 Å².